The predicted octanol–water partition coefficient (Wildman–Crippen LogP) is 3.23. The van der Waals surface area contributed by atoms with Crippen molar-refractivity contribution >= 4 is 17.5 Å². The van der Waals surface area contributed by atoms with Gasteiger partial charge in [-0.1, -0.05) is 12.1 Å². The molecule has 1 aromatic heterocycles. The SMILES string of the molecule is Cc1cccc(N(C(=O)Nc2ccn[nH]2)C2CC2)c1C. The number of aromatic amines is 1. The highest BCUT2D eigenvalue weighted by molar-refractivity contribution is 6.02. The predicted molar refractivity (Wildman–Crippen MR) is 79.0 cm³/mol. The van der Waals surface area contributed by atoms with Crippen LogP contribution in [-0.2, 0) is 0 Å². The number of nitrogens with zero attached hydrogens (tertiary/aromatic N) is 2. The number of carbonyl (C=O) groups is 1. The average molecular weight is 270 g/mol. The lowest BCUT2D eigenvalue weighted by molar-refractivity contribution is 0.256. The average Bonchev–Trinajstić information content (AvgIpc) is 3.12. The monoisotopic (exact) mass is 270 g/mol. The molecule has 0 bridgehead atoms. The van der Waals surface area contributed by atoms with E-state index >= 15 is 0 Å². The van der Waals surface area contributed by atoms with Gasteiger partial charge in [0, 0.05) is 17.8 Å². The number of aromatic nitrogens is 2. The van der Waals surface area contributed by atoms with Crippen molar-refractivity contribution < 1.29 is 4.79 Å². The van der Waals surface area contributed by atoms with Crippen LogP contribution in [-0.4, -0.2) is 22.3 Å². The van der Waals surface area contributed by atoms with Gasteiger partial charge < -0.3 is 0 Å². The van der Waals surface area contributed by atoms with Crippen molar-refractivity contribution in [1.29, 1.82) is 0 Å². The third-order valence-corrected chi connectivity index (χ3v) is 3.71. The first-order chi connectivity index (χ1) is 9.66. The van der Waals surface area contributed by atoms with E-state index < -0.39 is 0 Å². The summed E-state index contributed by atoms with van der Waals surface area (Å²) in [4.78, 5) is 14.4. The lowest BCUT2D eigenvalue weighted by atomic mass is 10.1. The fourth-order valence-corrected chi connectivity index (χ4v) is 2.30. The molecule has 2 aromatic rings. The molecular formula is C15H18N4O. The number of carbonyl (C=O) groups excluding carboxylic acids is 1. The van der Waals surface area contributed by atoms with Gasteiger partial charge in [-0.05, 0) is 43.9 Å². The van der Waals surface area contributed by atoms with Crippen molar-refractivity contribution in [3.63, 3.8) is 0 Å². The van der Waals surface area contributed by atoms with Crippen molar-refractivity contribution in [1.82, 2.24) is 10.2 Å². The Morgan fingerprint density at radius 1 is 1.35 bits per heavy atom. The lowest BCUT2D eigenvalue weighted by Gasteiger charge is -2.25. The Bertz CT molecular complexity index is 617. The Balaban J connectivity index is 1.89. The van der Waals surface area contributed by atoms with Crippen LogP contribution in [0.25, 0.3) is 0 Å². The topological polar surface area (TPSA) is 61.0 Å². The molecule has 1 aliphatic carbocycles. The number of hydrogen-bond acceptors (Lipinski definition) is 2. The minimum Gasteiger partial charge on any atom is -0.292 e. The van der Waals surface area contributed by atoms with E-state index in [9.17, 15) is 4.79 Å². The van der Waals surface area contributed by atoms with Gasteiger partial charge in [0.2, 0.25) is 0 Å². The van der Waals surface area contributed by atoms with E-state index in [1.807, 2.05) is 17.0 Å². The summed E-state index contributed by atoms with van der Waals surface area (Å²) in [6.07, 6.45) is 3.74. The number of aryl methyl sites for hydroxylation is 1. The maximum absolute atomic E-state index is 12.5. The van der Waals surface area contributed by atoms with Gasteiger partial charge >= 0.3 is 6.03 Å². The number of amides is 2. The largest absolute Gasteiger partial charge is 0.327 e. The normalized spacial score (nSPS) is 14.1. The van der Waals surface area contributed by atoms with Gasteiger partial charge in [-0.15, -0.1) is 0 Å². The number of anilines is 2. The maximum Gasteiger partial charge on any atom is 0.327 e. The summed E-state index contributed by atoms with van der Waals surface area (Å²) in [5.41, 5.74) is 3.34. The molecule has 20 heavy (non-hydrogen) atoms. The van der Waals surface area contributed by atoms with Gasteiger partial charge in [0.05, 0.1) is 6.20 Å². The summed E-state index contributed by atoms with van der Waals surface area (Å²) in [5.74, 6) is 0.617. The molecule has 1 heterocycles. The molecule has 5 heteroatoms. The quantitative estimate of drug-likeness (QED) is 0.899. The van der Waals surface area contributed by atoms with Crippen LogP contribution >= 0.6 is 0 Å². The standard InChI is InChI=1S/C15H18N4O/c1-10-4-3-5-13(11(10)2)19(12-6-7-12)15(20)17-14-8-9-16-18-14/h3-5,8-9,12H,6-7H2,1-2H3,(H2,16,17,18,20). The van der Waals surface area contributed by atoms with Crippen LogP contribution in [0.15, 0.2) is 30.5 Å². The third-order valence-electron chi connectivity index (χ3n) is 3.71. The van der Waals surface area contributed by atoms with Gasteiger partial charge in [0.15, 0.2) is 0 Å². The first kappa shape index (κ1) is 12.7. The molecule has 0 atom stereocenters. The highest BCUT2D eigenvalue weighted by atomic mass is 16.2. The van der Waals surface area contributed by atoms with Crippen molar-refractivity contribution in [3.8, 4) is 0 Å². The van der Waals surface area contributed by atoms with Crippen molar-refractivity contribution in [2.45, 2.75) is 32.7 Å². The van der Waals surface area contributed by atoms with Gasteiger partial charge in [-0.2, -0.15) is 5.10 Å². The van der Waals surface area contributed by atoms with Crippen molar-refractivity contribution in [2.24, 2.45) is 0 Å². The van der Waals surface area contributed by atoms with Crippen LogP contribution in [0.1, 0.15) is 24.0 Å². The second-order valence-electron chi connectivity index (χ2n) is 5.22. The Kier molecular flexibility index (Phi) is 3.18. The van der Waals surface area contributed by atoms with Gasteiger partial charge in [0.25, 0.3) is 0 Å². The fourth-order valence-electron chi connectivity index (χ4n) is 2.30. The third kappa shape index (κ3) is 2.39. The minimum absolute atomic E-state index is 0.106. The molecule has 1 saturated carbocycles. The van der Waals surface area contributed by atoms with E-state index in [-0.39, 0.29) is 6.03 Å². The number of H-pyrrole nitrogens is 1. The van der Waals surface area contributed by atoms with Crippen LogP contribution in [0.4, 0.5) is 16.3 Å². The Labute approximate surface area is 118 Å². The van der Waals surface area contributed by atoms with Crippen LogP contribution in [0.2, 0.25) is 0 Å². The lowest BCUT2D eigenvalue weighted by Crippen LogP contribution is -2.37. The molecule has 1 aliphatic rings. The fraction of sp³-hybridized carbons (Fsp3) is 0.333. The summed E-state index contributed by atoms with van der Waals surface area (Å²) in [5, 5.41) is 9.45. The Morgan fingerprint density at radius 3 is 2.80 bits per heavy atom. The molecule has 0 unspecified atom stereocenters. The molecule has 0 radical (unpaired) electrons. The van der Waals surface area contributed by atoms with E-state index in [1.54, 1.807) is 12.3 Å². The number of nitrogens with one attached hydrogen (secondary N) is 2. The zero-order chi connectivity index (χ0) is 14.1. The molecule has 2 N–H and O–H groups in total. The molecule has 0 spiro atoms. The zero-order valence-electron chi connectivity index (χ0n) is 11.7. The molecule has 1 aromatic carbocycles. The molecule has 0 saturated heterocycles. The first-order valence-corrected chi connectivity index (χ1v) is 6.82. The van der Waals surface area contributed by atoms with E-state index in [0.717, 1.165) is 24.1 Å². The molecular weight excluding hydrogens is 252 g/mol. The van der Waals surface area contributed by atoms with Crippen molar-refractivity contribution in [2.75, 3.05) is 10.2 Å². The Hall–Kier alpha value is -2.30. The van der Waals surface area contributed by atoms with Crippen LogP contribution < -0.4 is 10.2 Å². The first-order valence-electron chi connectivity index (χ1n) is 6.82. The summed E-state index contributed by atoms with van der Waals surface area (Å²) >= 11 is 0. The number of hydrogen-bond donors (Lipinski definition) is 2. The van der Waals surface area contributed by atoms with Gasteiger partial charge in [-0.25, -0.2) is 4.79 Å². The van der Waals surface area contributed by atoms with Gasteiger partial charge in [0.1, 0.15) is 5.82 Å². The highest BCUT2D eigenvalue weighted by Gasteiger charge is 2.34. The highest BCUT2D eigenvalue weighted by Crippen LogP contribution is 2.34. The van der Waals surface area contributed by atoms with Crippen LogP contribution in [0.5, 0.6) is 0 Å². The molecule has 3 rings (SSSR count). The number of benzene rings is 1. The number of rotatable bonds is 3. The maximum atomic E-state index is 12.5. The number of urea groups is 1. The van der Waals surface area contributed by atoms with E-state index in [2.05, 4.69) is 35.4 Å². The van der Waals surface area contributed by atoms with Gasteiger partial charge in [-0.3, -0.25) is 15.3 Å². The molecule has 0 aliphatic heterocycles. The summed E-state index contributed by atoms with van der Waals surface area (Å²) < 4.78 is 0. The summed E-state index contributed by atoms with van der Waals surface area (Å²) in [6, 6.07) is 8.01. The smallest absolute Gasteiger partial charge is 0.292 e. The summed E-state index contributed by atoms with van der Waals surface area (Å²) in [7, 11) is 0. The molecule has 1 fully saturated rings. The second-order valence-corrected chi connectivity index (χ2v) is 5.22. The second kappa shape index (κ2) is 5.00. The molecule has 5 nitrogen and oxygen atoms in total. The zero-order valence-corrected chi connectivity index (χ0v) is 11.7. The minimum atomic E-state index is -0.106. The van der Waals surface area contributed by atoms with Crippen molar-refractivity contribution in [3.05, 3.63) is 41.6 Å². The molecule has 2 amide bonds. The summed E-state index contributed by atoms with van der Waals surface area (Å²) in [6.45, 7) is 4.13. The Morgan fingerprint density at radius 2 is 2.15 bits per heavy atom. The van der Waals surface area contributed by atoms with E-state index in [4.69, 9.17) is 0 Å². The van der Waals surface area contributed by atoms with E-state index in [0.29, 0.717) is 11.9 Å². The molecule has 104 valence electrons. The van der Waals surface area contributed by atoms with Crippen LogP contribution in [0.3, 0.4) is 0 Å². The van der Waals surface area contributed by atoms with Crippen LogP contribution in [0, 0.1) is 13.8 Å². The van der Waals surface area contributed by atoms with E-state index in [1.165, 1.54) is 5.56 Å².